The average Bonchev–Trinajstić information content (AvgIpc) is 2.20. The molecule has 2 nitrogen and oxygen atoms in total. The van der Waals surface area contributed by atoms with Crippen LogP contribution >= 0.6 is 0 Å². The Balaban J connectivity index is 2.20. The van der Waals surface area contributed by atoms with Crippen LogP contribution in [0.1, 0.15) is 40.0 Å². The van der Waals surface area contributed by atoms with Crippen LogP contribution in [0.5, 0.6) is 0 Å². The van der Waals surface area contributed by atoms with E-state index in [1.165, 1.54) is 6.42 Å². The first-order valence-corrected chi connectivity index (χ1v) is 5.78. The van der Waals surface area contributed by atoms with Crippen LogP contribution in [0, 0.1) is 5.92 Å². The van der Waals surface area contributed by atoms with E-state index in [4.69, 9.17) is 4.74 Å². The number of rotatable bonds is 5. The van der Waals surface area contributed by atoms with Crippen molar-refractivity contribution >= 4 is 0 Å². The summed E-state index contributed by atoms with van der Waals surface area (Å²) in [4.78, 5) is 0. The molecule has 1 heterocycles. The Kier molecular flexibility index (Phi) is 5.02. The molecule has 2 unspecified atom stereocenters. The highest BCUT2D eigenvalue weighted by atomic mass is 16.5. The molecule has 0 radical (unpaired) electrons. The van der Waals surface area contributed by atoms with Crippen LogP contribution in [0.2, 0.25) is 0 Å². The predicted octanol–water partition coefficient (Wildman–Crippen LogP) is 2.70. The molecular formula is C12H23NO. The van der Waals surface area contributed by atoms with Crippen molar-refractivity contribution in [3.8, 4) is 0 Å². The van der Waals surface area contributed by atoms with Crippen LogP contribution < -0.4 is 5.32 Å². The van der Waals surface area contributed by atoms with E-state index >= 15 is 0 Å². The molecule has 0 aromatic carbocycles. The second kappa shape index (κ2) is 6.07. The fourth-order valence-electron chi connectivity index (χ4n) is 1.87. The molecular weight excluding hydrogens is 174 g/mol. The lowest BCUT2D eigenvalue weighted by molar-refractivity contribution is 0.116. The van der Waals surface area contributed by atoms with Gasteiger partial charge in [0.1, 0.15) is 6.10 Å². The van der Waals surface area contributed by atoms with Gasteiger partial charge in [0.25, 0.3) is 0 Å². The number of allylic oxidation sites excluding steroid dienone is 1. The summed E-state index contributed by atoms with van der Waals surface area (Å²) in [5.41, 5.74) is 0. The van der Waals surface area contributed by atoms with E-state index in [1.807, 2.05) is 6.26 Å². The van der Waals surface area contributed by atoms with Gasteiger partial charge in [-0.2, -0.15) is 0 Å². The Morgan fingerprint density at radius 3 is 2.79 bits per heavy atom. The zero-order valence-electron chi connectivity index (χ0n) is 9.62. The van der Waals surface area contributed by atoms with Gasteiger partial charge in [0.15, 0.2) is 0 Å². The zero-order chi connectivity index (χ0) is 10.4. The normalized spacial score (nSPS) is 23.6. The Morgan fingerprint density at radius 2 is 2.29 bits per heavy atom. The first-order chi connectivity index (χ1) is 6.74. The monoisotopic (exact) mass is 197 g/mol. The van der Waals surface area contributed by atoms with Crippen LogP contribution in [0.4, 0.5) is 0 Å². The Bertz CT molecular complexity index is 177. The summed E-state index contributed by atoms with van der Waals surface area (Å²) in [5, 5.41) is 3.58. The van der Waals surface area contributed by atoms with Gasteiger partial charge in [-0.05, 0) is 31.3 Å². The molecule has 0 aliphatic carbocycles. The van der Waals surface area contributed by atoms with Crippen molar-refractivity contribution in [1.82, 2.24) is 5.32 Å². The van der Waals surface area contributed by atoms with Crippen molar-refractivity contribution in [3.05, 3.63) is 12.3 Å². The van der Waals surface area contributed by atoms with E-state index in [-0.39, 0.29) is 0 Å². The highest BCUT2D eigenvalue weighted by molar-refractivity contribution is 4.83. The lowest BCUT2D eigenvalue weighted by Crippen LogP contribution is -2.39. The highest BCUT2D eigenvalue weighted by Crippen LogP contribution is 2.11. The van der Waals surface area contributed by atoms with Crippen molar-refractivity contribution in [2.24, 2.45) is 5.92 Å². The quantitative estimate of drug-likeness (QED) is 0.731. The van der Waals surface area contributed by atoms with Gasteiger partial charge in [-0.1, -0.05) is 20.8 Å². The zero-order valence-corrected chi connectivity index (χ0v) is 9.62. The maximum absolute atomic E-state index is 5.51. The van der Waals surface area contributed by atoms with E-state index in [0.29, 0.717) is 18.1 Å². The lowest BCUT2D eigenvalue weighted by atomic mass is 10.0. The van der Waals surface area contributed by atoms with Crippen LogP contribution in [0.3, 0.4) is 0 Å². The molecule has 82 valence electrons. The molecule has 0 saturated heterocycles. The summed E-state index contributed by atoms with van der Waals surface area (Å²) in [6.07, 6.45) is 7.82. The molecule has 1 aliphatic heterocycles. The maximum Gasteiger partial charge on any atom is 0.110 e. The number of ether oxygens (including phenoxy) is 1. The fourth-order valence-corrected chi connectivity index (χ4v) is 1.87. The first kappa shape index (κ1) is 11.6. The smallest absolute Gasteiger partial charge is 0.110 e. The summed E-state index contributed by atoms with van der Waals surface area (Å²) in [6, 6.07) is 0.629. The van der Waals surface area contributed by atoms with Crippen molar-refractivity contribution in [3.63, 3.8) is 0 Å². The van der Waals surface area contributed by atoms with E-state index in [0.717, 1.165) is 19.4 Å². The van der Waals surface area contributed by atoms with Crippen molar-refractivity contribution in [2.75, 3.05) is 6.54 Å². The van der Waals surface area contributed by atoms with E-state index in [2.05, 4.69) is 32.2 Å². The molecule has 2 atom stereocenters. The van der Waals surface area contributed by atoms with Crippen molar-refractivity contribution in [2.45, 2.75) is 52.2 Å². The third-order valence-electron chi connectivity index (χ3n) is 2.87. The molecule has 0 aromatic heterocycles. The minimum Gasteiger partial charge on any atom is -0.497 e. The fraction of sp³-hybridized carbons (Fsp3) is 0.833. The topological polar surface area (TPSA) is 21.3 Å². The first-order valence-electron chi connectivity index (χ1n) is 5.78. The number of hydrogen-bond acceptors (Lipinski definition) is 2. The van der Waals surface area contributed by atoms with Gasteiger partial charge in [0.05, 0.1) is 6.26 Å². The molecule has 0 spiro atoms. The summed E-state index contributed by atoms with van der Waals surface area (Å²) < 4.78 is 5.51. The van der Waals surface area contributed by atoms with Gasteiger partial charge in [-0.25, -0.2) is 0 Å². The van der Waals surface area contributed by atoms with Crippen LogP contribution in [0.25, 0.3) is 0 Å². The summed E-state index contributed by atoms with van der Waals surface area (Å²) in [7, 11) is 0. The standard InChI is InChI=1S/C12H23NO/c1-4-12(10(2)3)13-9-11-7-5-6-8-14-11/h6,8,10-13H,4-5,7,9H2,1-3H3. The number of hydrogen-bond donors (Lipinski definition) is 1. The summed E-state index contributed by atoms with van der Waals surface area (Å²) in [6.45, 7) is 7.76. The van der Waals surface area contributed by atoms with Gasteiger partial charge < -0.3 is 10.1 Å². The average molecular weight is 197 g/mol. The number of nitrogens with one attached hydrogen (secondary N) is 1. The Hall–Kier alpha value is -0.500. The predicted molar refractivity (Wildman–Crippen MR) is 60.2 cm³/mol. The van der Waals surface area contributed by atoms with E-state index in [9.17, 15) is 0 Å². The van der Waals surface area contributed by atoms with Gasteiger partial charge in [0.2, 0.25) is 0 Å². The molecule has 0 aromatic rings. The van der Waals surface area contributed by atoms with Gasteiger partial charge >= 0.3 is 0 Å². The molecule has 14 heavy (non-hydrogen) atoms. The van der Waals surface area contributed by atoms with Crippen LogP contribution in [-0.4, -0.2) is 18.7 Å². The van der Waals surface area contributed by atoms with Crippen LogP contribution in [-0.2, 0) is 4.74 Å². The Morgan fingerprint density at radius 1 is 1.50 bits per heavy atom. The van der Waals surface area contributed by atoms with Gasteiger partial charge in [-0.3, -0.25) is 0 Å². The van der Waals surface area contributed by atoms with E-state index in [1.54, 1.807) is 0 Å². The van der Waals surface area contributed by atoms with E-state index < -0.39 is 0 Å². The third kappa shape index (κ3) is 3.70. The van der Waals surface area contributed by atoms with Crippen molar-refractivity contribution in [1.29, 1.82) is 0 Å². The molecule has 0 fully saturated rings. The molecule has 1 rings (SSSR count). The molecule has 0 bridgehead atoms. The highest BCUT2D eigenvalue weighted by Gasteiger charge is 2.15. The summed E-state index contributed by atoms with van der Waals surface area (Å²) >= 11 is 0. The van der Waals surface area contributed by atoms with Crippen LogP contribution in [0.15, 0.2) is 12.3 Å². The maximum atomic E-state index is 5.51. The minimum atomic E-state index is 0.382. The largest absolute Gasteiger partial charge is 0.497 e. The lowest BCUT2D eigenvalue weighted by Gasteiger charge is -2.25. The summed E-state index contributed by atoms with van der Waals surface area (Å²) in [5.74, 6) is 0.708. The SMILES string of the molecule is CCC(NCC1CCC=CO1)C(C)C. The van der Waals surface area contributed by atoms with Crippen molar-refractivity contribution < 1.29 is 4.74 Å². The Labute approximate surface area is 87.7 Å². The second-order valence-corrected chi connectivity index (χ2v) is 4.37. The molecule has 0 amide bonds. The molecule has 1 N–H and O–H groups in total. The second-order valence-electron chi connectivity index (χ2n) is 4.37. The van der Waals surface area contributed by atoms with Gasteiger partial charge in [-0.15, -0.1) is 0 Å². The third-order valence-corrected chi connectivity index (χ3v) is 2.87. The molecule has 1 aliphatic rings. The minimum absolute atomic E-state index is 0.382. The molecule has 2 heteroatoms. The molecule has 0 saturated carbocycles. The van der Waals surface area contributed by atoms with Gasteiger partial charge in [0, 0.05) is 12.6 Å².